The molecule has 0 bridgehead atoms. The van der Waals surface area contributed by atoms with Gasteiger partial charge in [-0.15, -0.1) is 12.4 Å². The highest BCUT2D eigenvalue weighted by molar-refractivity contribution is 9.10. The average molecular weight is 258 g/mol. The number of rotatable bonds is 1. The van der Waals surface area contributed by atoms with Crippen molar-refractivity contribution in [1.29, 1.82) is 0 Å². The summed E-state index contributed by atoms with van der Waals surface area (Å²) in [5.41, 5.74) is 0.830. The predicted molar refractivity (Wildman–Crippen MR) is 53.7 cm³/mol. The summed E-state index contributed by atoms with van der Waals surface area (Å²) >= 11 is 8.98. The molecule has 0 saturated carbocycles. The van der Waals surface area contributed by atoms with Crippen LogP contribution in [-0.2, 0) is 0 Å². The van der Waals surface area contributed by atoms with Gasteiger partial charge in [0.2, 0.25) is 0 Å². The highest BCUT2D eigenvalue weighted by atomic mass is 79.9. The summed E-state index contributed by atoms with van der Waals surface area (Å²) in [5, 5.41) is 3.40. The highest BCUT2D eigenvalue weighted by Gasteiger charge is 1.97. The van der Waals surface area contributed by atoms with Gasteiger partial charge in [0.1, 0.15) is 0 Å². The maximum atomic E-state index is 5.70. The summed E-state index contributed by atoms with van der Waals surface area (Å²) in [7, 11) is 1.80. The maximum Gasteiger partial charge on any atom is 0.152 e. The minimum atomic E-state index is 0. The van der Waals surface area contributed by atoms with Crippen LogP contribution in [0.5, 0.6) is 0 Å². The molecule has 1 rings (SSSR count). The van der Waals surface area contributed by atoms with Crippen LogP contribution in [0, 0.1) is 0 Å². The number of anilines is 1. The lowest BCUT2D eigenvalue weighted by atomic mass is 10.4. The first-order valence-electron chi connectivity index (χ1n) is 2.73. The molecule has 0 aliphatic heterocycles. The molecular formula is C6H7BrCl2N2. The van der Waals surface area contributed by atoms with Crippen molar-refractivity contribution in [3.63, 3.8) is 0 Å². The van der Waals surface area contributed by atoms with Crippen molar-refractivity contribution in [2.75, 3.05) is 12.4 Å². The van der Waals surface area contributed by atoms with Crippen LogP contribution in [0.1, 0.15) is 0 Å². The van der Waals surface area contributed by atoms with E-state index < -0.39 is 0 Å². The van der Waals surface area contributed by atoms with Crippen molar-refractivity contribution in [1.82, 2.24) is 4.98 Å². The number of pyridine rings is 1. The molecule has 0 unspecified atom stereocenters. The zero-order valence-electron chi connectivity index (χ0n) is 5.77. The van der Waals surface area contributed by atoms with Crippen LogP contribution in [0.3, 0.4) is 0 Å². The third kappa shape index (κ3) is 2.85. The Morgan fingerprint density at radius 2 is 2.27 bits per heavy atom. The Morgan fingerprint density at radius 1 is 1.64 bits per heavy atom. The fourth-order valence-electron chi connectivity index (χ4n) is 0.598. The monoisotopic (exact) mass is 256 g/mol. The Labute approximate surface area is 84.9 Å². The first-order valence-corrected chi connectivity index (χ1v) is 3.90. The Kier molecular flexibility index (Phi) is 4.81. The third-order valence-electron chi connectivity index (χ3n) is 1.08. The van der Waals surface area contributed by atoms with E-state index in [9.17, 15) is 0 Å². The molecule has 62 valence electrons. The van der Waals surface area contributed by atoms with Crippen LogP contribution in [0.4, 0.5) is 5.69 Å². The number of hydrogen-bond acceptors (Lipinski definition) is 2. The van der Waals surface area contributed by atoms with Crippen LogP contribution in [0.2, 0.25) is 5.15 Å². The molecular weight excluding hydrogens is 251 g/mol. The van der Waals surface area contributed by atoms with Crippen LogP contribution >= 0.6 is 39.9 Å². The second-order valence-corrected chi connectivity index (χ2v) is 3.02. The Morgan fingerprint density at radius 3 is 2.73 bits per heavy atom. The molecule has 1 aromatic heterocycles. The number of hydrogen-bond donors (Lipinski definition) is 1. The molecule has 5 heteroatoms. The average Bonchev–Trinajstić information content (AvgIpc) is 1.94. The Bertz CT molecular complexity index is 242. The van der Waals surface area contributed by atoms with Gasteiger partial charge in [-0.05, 0) is 22.0 Å². The van der Waals surface area contributed by atoms with Gasteiger partial charge in [0.05, 0.1) is 5.69 Å². The molecule has 11 heavy (non-hydrogen) atoms. The second-order valence-electron chi connectivity index (χ2n) is 1.74. The summed E-state index contributed by atoms with van der Waals surface area (Å²) in [6.07, 6.45) is 1.66. The Hall–Kier alpha value is 0.01000. The molecule has 2 nitrogen and oxygen atoms in total. The lowest BCUT2D eigenvalue weighted by molar-refractivity contribution is 1.29. The molecule has 1 N–H and O–H groups in total. The van der Waals surface area contributed by atoms with Crippen molar-refractivity contribution < 1.29 is 0 Å². The summed E-state index contributed by atoms with van der Waals surface area (Å²) in [6, 6.07) is 1.87. The summed E-state index contributed by atoms with van der Waals surface area (Å²) in [5.74, 6) is 0. The second kappa shape index (κ2) is 4.80. The van der Waals surface area contributed by atoms with E-state index in [1.165, 1.54) is 0 Å². The lowest BCUT2D eigenvalue weighted by Crippen LogP contribution is -1.90. The predicted octanol–water partition coefficient (Wildman–Crippen LogP) is 2.96. The molecule has 0 saturated heterocycles. The number of halogens is 3. The molecule has 0 fully saturated rings. The zero-order chi connectivity index (χ0) is 7.56. The summed E-state index contributed by atoms with van der Waals surface area (Å²) in [4.78, 5) is 3.91. The quantitative estimate of drug-likeness (QED) is 0.783. The van der Waals surface area contributed by atoms with Gasteiger partial charge in [-0.2, -0.15) is 0 Å². The minimum Gasteiger partial charge on any atom is -0.386 e. The van der Waals surface area contributed by atoms with Gasteiger partial charge < -0.3 is 5.32 Å². The molecule has 1 aromatic rings. The van der Waals surface area contributed by atoms with Crippen molar-refractivity contribution in [2.45, 2.75) is 0 Å². The topological polar surface area (TPSA) is 24.9 Å². The molecule has 0 aliphatic rings. The van der Waals surface area contributed by atoms with Crippen molar-refractivity contribution in [3.8, 4) is 0 Å². The first kappa shape index (κ1) is 11.0. The normalized spacial score (nSPS) is 8.64. The van der Waals surface area contributed by atoms with Gasteiger partial charge in [-0.1, -0.05) is 11.6 Å². The minimum absolute atomic E-state index is 0. The van der Waals surface area contributed by atoms with E-state index >= 15 is 0 Å². The lowest BCUT2D eigenvalue weighted by Gasteiger charge is -2.00. The van der Waals surface area contributed by atoms with Crippen molar-refractivity contribution in [3.05, 3.63) is 21.9 Å². The number of nitrogens with one attached hydrogen (secondary N) is 1. The molecule has 0 aromatic carbocycles. The summed E-state index contributed by atoms with van der Waals surface area (Å²) < 4.78 is 0.918. The van der Waals surface area contributed by atoms with E-state index in [1.807, 2.05) is 6.07 Å². The van der Waals surface area contributed by atoms with Gasteiger partial charge in [0, 0.05) is 17.7 Å². The molecule has 0 amide bonds. The van der Waals surface area contributed by atoms with E-state index in [4.69, 9.17) is 11.6 Å². The smallest absolute Gasteiger partial charge is 0.152 e. The van der Waals surface area contributed by atoms with Crippen LogP contribution < -0.4 is 5.32 Å². The van der Waals surface area contributed by atoms with E-state index in [0.29, 0.717) is 5.15 Å². The number of aromatic nitrogens is 1. The Balaban J connectivity index is 0.000001000. The van der Waals surface area contributed by atoms with Gasteiger partial charge in [-0.3, -0.25) is 0 Å². The fraction of sp³-hybridized carbons (Fsp3) is 0.167. The largest absolute Gasteiger partial charge is 0.386 e. The molecule has 0 aliphatic carbocycles. The third-order valence-corrected chi connectivity index (χ3v) is 1.81. The summed E-state index contributed by atoms with van der Waals surface area (Å²) in [6.45, 7) is 0. The van der Waals surface area contributed by atoms with E-state index in [1.54, 1.807) is 13.2 Å². The maximum absolute atomic E-state index is 5.70. The fourth-order valence-corrected chi connectivity index (χ4v) is 1.13. The van der Waals surface area contributed by atoms with Crippen LogP contribution in [0.25, 0.3) is 0 Å². The molecule has 1 heterocycles. The standard InChI is InChI=1S/C6H6BrClN2.ClH/c1-9-5-2-4(7)3-10-6(5)8;/h2-3,9H,1H3;1H. The molecule has 0 radical (unpaired) electrons. The zero-order valence-corrected chi connectivity index (χ0v) is 8.92. The van der Waals surface area contributed by atoms with Gasteiger partial charge in [0.15, 0.2) is 5.15 Å². The number of nitrogens with zero attached hydrogens (tertiary/aromatic N) is 1. The molecule has 0 atom stereocenters. The first-order chi connectivity index (χ1) is 4.74. The molecule has 0 spiro atoms. The SMILES string of the molecule is CNc1cc(Br)cnc1Cl.Cl. The van der Waals surface area contributed by atoms with E-state index in [2.05, 4.69) is 26.2 Å². The van der Waals surface area contributed by atoms with E-state index in [0.717, 1.165) is 10.2 Å². The van der Waals surface area contributed by atoms with E-state index in [-0.39, 0.29) is 12.4 Å². The van der Waals surface area contributed by atoms with Crippen LogP contribution in [-0.4, -0.2) is 12.0 Å². The van der Waals surface area contributed by atoms with Crippen molar-refractivity contribution in [2.24, 2.45) is 0 Å². The van der Waals surface area contributed by atoms with Crippen LogP contribution in [0.15, 0.2) is 16.7 Å². The highest BCUT2D eigenvalue weighted by Crippen LogP contribution is 2.21. The van der Waals surface area contributed by atoms with Crippen molar-refractivity contribution >= 4 is 45.6 Å². The van der Waals surface area contributed by atoms with Gasteiger partial charge in [-0.25, -0.2) is 4.98 Å². The van der Waals surface area contributed by atoms with Gasteiger partial charge in [0.25, 0.3) is 0 Å². The van der Waals surface area contributed by atoms with Gasteiger partial charge >= 0.3 is 0 Å².